The number of para-hydroxylation sites is 1. The van der Waals surface area contributed by atoms with Crippen LogP contribution in [0.5, 0.6) is 0 Å². The number of anilines is 1. The van der Waals surface area contributed by atoms with Crippen LogP contribution in [0.3, 0.4) is 0 Å². The second-order valence-corrected chi connectivity index (χ2v) is 6.33. The molecular weight excluding hydrogens is 338 g/mol. The standard InChI is InChI=1S/C19H22ClN3O2/c1-23(2)12-6-11-21-18(24)14-7-5-8-15(13-14)19(25)22-17-10-4-3-9-16(17)20/h3-5,7-10,13H,6,11-12H2,1-2H3,(H,21,24)(H,22,25). The van der Waals surface area contributed by atoms with Crippen LogP contribution >= 0.6 is 11.6 Å². The Balaban J connectivity index is 1.99. The van der Waals surface area contributed by atoms with Gasteiger partial charge in [-0.1, -0.05) is 29.8 Å². The molecule has 0 spiro atoms. The highest BCUT2D eigenvalue weighted by Crippen LogP contribution is 2.21. The van der Waals surface area contributed by atoms with E-state index in [9.17, 15) is 9.59 Å². The van der Waals surface area contributed by atoms with E-state index in [1.807, 2.05) is 14.1 Å². The van der Waals surface area contributed by atoms with Crippen molar-refractivity contribution in [3.63, 3.8) is 0 Å². The molecule has 2 aromatic carbocycles. The van der Waals surface area contributed by atoms with Gasteiger partial charge in [-0.3, -0.25) is 9.59 Å². The fourth-order valence-electron chi connectivity index (χ4n) is 2.26. The molecule has 0 aromatic heterocycles. The first-order chi connectivity index (χ1) is 12.0. The van der Waals surface area contributed by atoms with Crippen LogP contribution in [0.25, 0.3) is 0 Å². The molecule has 0 saturated carbocycles. The summed E-state index contributed by atoms with van der Waals surface area (Å²) in [5.74, 6) is -0.499. The van der Waals surface area contributed by atoms with Crippen molar-refractivity contribution in [2.24, 2.45) is 0 Å². The number of hydrogen-bond acceptors (Lipinski definition) is 3. The molecular formula is C19H22ClN3O2. The number of nitrogens with zero attached hydrogens (tertiary/aromatic N) is 1. The molecule has 0 unspecified atom stereocenters. The summed E-state index contributed by atoms with van der Waals surface area (Å²) >= 11 is 6.05. The van der Waals surface area contributed by atoms with Gasteiger partial charge in [-0.15, -0.1) is 0 Å². The van der Waals surface area contributed by atoms with Gasteiger partial charge in [0.25, 0.3) is 11.8 Å². The van der Waals surface area contributed by atoms with Crippen molar-refractivity contribution in [3.05, 3.63) is 64.7 Å². The molecule has 0 radical (unpaired) electrons. The van der Waals surface area contributed by atoms with Crippen LogP contribution < -0.4 is 10.6 Å². The molecule has 5 nitrogen and oxygen atoms in total. The second kappa shape index (κ2) is 9.20. The summed E-state index contributed by atoms with van der Waals surface area (Å²) < 4.78 is 0. The predicted molar refractivity (Wildman–Crippen MR) is 101 cm³/mol. The SMILES string of the molecule is CN(C)CCCNC(=O)c1cccc(C(=O)Nc2ccccc2Cl)c1. The molecule has 0 bridgehead atoms. The van der Waals surface area contributed by atoms with Crippen LogP contribution in [0.4, 0.5) is 5.69 Å². The lowest BCUT2D eigenvalue weighted by atomic mass is 10.1. The monoisotopic (exact) mass is 359 g/mol. The Morgan fingerprint density at radius 1 is 1.00 bits per heavy atom. The van der Waals surface area contributed by atoms with Gasteiger partial charge in [0.15, 0.2) is 0 Å². The Labute approximate surface area is 153 Å². The van der Waals surface area contributed by atoms with Crippen LogP contribution in [0.15, 0.2) is 48.5 Å². The highest BCUT2D eigenvalue weighted by molar-refractivity contribution is 6.33. The van der Waals surface area contributed by atoms with Crippen LogP contribution in [-0.4, -0.2) is 43.9 Å². The Kier molecular flexibility index (Phi) is 6.98. The zero-order valence-corrected chi connectivity index (χ0v) is 15.1. The van der Waals surface area contributed by atoms with E-state index in [1.165, 1.54) is 0 Å². The first kappa shape index (κ1) is 19.0. The van der Waals surface area contributed by atoms with Gasteiger partial charge >= 0.3 is 0 Å². The fraction of sp³-hybridized carbons (Fsp3) is 0.263. The van der Waals surface area contributed by atoms with Crippen LogP contribution in [0, 0.1) is 0 Å². The highest BCUT2D eigenvalue weighted by Gasteiger charge is 2.11. The van der Waals surface area contributed by atoms with Crippen molar-refractivity contribution in [3.8, 4) is 0 Å². The maximum atomic E-state index is 12.4. The first-order valence-electron chi connectivity index (χ1n) is 8.06. The number of carbonyl (C=O) groups is 2. The van der Waals surface area contributed by atoms with E-state index >= 15 is 0 Å². The number of benzene rings is 2. The Hall–Kier alpha value is -2.37. The highest BCUT2D eigenvalue weighted by atomic mass is 35.5. The van der Waals surface area contributed by atoms with Crippen molar-refractivity contribution in [2.75, 3.05) is 32.5 Å². The van der Waals surface area contributed by atoms with E-state index in [2.05, 4.69) is 15.5 Å². The second-order valence-electron chi connectivity index (χ2n) is 5.93. The van der Waals surface area contributed by atoms with E-state index in [1.54, 1.807) is 48.5 Å². The molecule has 2 aromatic rings. The molecule has 0 aliphatic heterocycles. The van der Waals surface area contributed by atoms with Crippen LogP contribution in [0.1, 0.15) is 27.1 Å². The zero-order chi connectivity index (χ0) is 18.2. The summed E-state index contributed by atoms with van der Waals surface area (Å²) in [4.78, 5) is 26.6. The van der Waals surface area contributed by atoms with Crippen molar-refractivity contribution in [2.45, 2.75) is 6.42 Å². The largest absolute Gasteiger partial charge is 0.352 e. The quantitative estimate of drug-likeness (QED) is 0.746. The number of rotatable bonds is 7. The molecule has 132 valence electrons. The van der Waals surface area contributed by atoms with Gasteiger partial charge in [0.05, 0.1) is 10.7 Å². The van der Waals surface area contributed by atoms with E-state index in [0.29, 0.717) is 28.4 Å². The Morgan fingerprint density at radius 3 is 2.36 bits per heavy atom. The summed E-state index contributed by atoms with van der Waals surface area (Å²) in [5, 5.41) is 6.07. The van der Waals surface area contributed by atoms with Crippen LogP contribution in [0.2, 0.25) is 5.02 Å². The molecule has 6 heteroatoms. The average molecular weight is 360 g/mol. The molecule has 2 N–H and O–H groups in total. The fourth-order valence-corrected chi connectivity index (χ4v) is 2.44. The van der Waals surface area contributed by atoms with E-state index in [4.69, 9.17) is 11.6 Å². The maximum absolute atomic E-state index is 12.4. The molecule has 0 saturated heterocycles. The van der Waals surface area contributed by atoms with E-state index < -0.39 is 0 Å². The smallest absolute Gasteiger partial charge is 0.255 e. The molecule has 0 aliphatic carbocycles. The van der Waals surface area contributed by atoms with Crippen molar-refractivity contribution >= 4 is 29.1 Å². The van der Waals surface area contributed by atoms with Gasteiger partial charge in [0, 0.05) is 17.7 Å². The summed E-state index contributed by atoms with van der Waals surface area (Å²) in [6, 6.07) is 13.6. The lowest BCUT2D eigenvalue weighted by Crippen LogP contribution is -2.27. The number of carbonyl (C=O) groups excluding carboxylic acids is 2. The van der Waals surface area contributed by atoms with Gasteiger partial charge < -0.3 is 15.5 Å². The summed E-state index contributed by atoms with van der Waals surface area (Å²) in [6.45, 7) is 1.49. The minimum Gasteiger partial charge on any atom is -0.352 e. The summed E-state index contributed by atoms with van der Waals surface area (Å²) in [6.07, 6.45) is 0.866. The van der Waals surface area contributed by atoms with Crippen molar-refractivity contribution < 1.29 is 9.59 Å². The van der Waals surface area contributed by atoms with Gasteiger partial charge in [0.2, 0.25) is 0 Å². The lowest BCUT2D eigenvalue weighted by Gasteiger charge is -2.11. The van der Waals surface area contributed by atoms with Crippen molar-refractivity contribution in [1.82, 2.24) is 10.2 Å². The minimum atomic E-state index is -0.310. The normalized spacial score (nSPS) is 10.6. The van der Waals surface area contributed by atoms with E-state index in [-0.39, 0.29) is 11.8 Å². The zero-order valence-electron chi connectivity index (χ0n) is 14.4. The molecule has 0 heterocycles. The van der Waals surface area contributed by atoms with Crippen LogP contribution in [-0.2, 0) is 0 Å². The number of halogens is 1. The third-order valence-electron chi connectivity index (χ3n) is 3.58. The topological polar surface area (TPSA) is 61.4 Å². The summed E-state index contributed by atoms with van der Waals surface area (Å²) in [7, 11) is 3.98. The molecule has 0 atom stereocenters. The molecule has 0 fully saturated rings. The Morgan fingerprint density at radius 2 is 1.68 bits per heavy atom. The molecule has 0 aliphatic rings. The third-order valence-corrected chi connectivity index (χ3v) is 3.91. The predicted octanol–water partition coefficient (Wildman–Crippen LogP) is 3.27. The lowest BCUT2D eigenvalue weighted by molar-refractivity contribution is 0.0952. The van der Waals surface area contributed by atoms with E-state index in [0.717, 1.165) is 13.0 Å². The number of amides is 2. The van der Waals surface area contributed by atoms with Gasteiger partial charge in [-0.2, -0.15) is 0 Å². The molecule has 2 amide bonds. The number of nitrogens with one attached hydrogen (secondary N) is 2. The number of hydrogen-bond donors (Lipinski definition) is 2. The maximum Gasteiger partial charge on any atom is 0.255 e. The van der Waals surface area contributed by atoms with Crippen molar-refractivity contribution in [1.29, 1.82) is 0 Å². The minimum absolute atomic E-state index is 0.189. The van der Waals surface area contributed by atoms with Gasteiger partial charge in [-0.25, -0.2) is 0 Å². The molecule has 2 rings (SSSR count). The summed E-state index contributed by atoms with van der Waals surface area (Å²) in [5.41, 5.74) is 1.39. The molecule has 25 heavy (non-hydrogen) atoms. The first-order valence-corrected chi connectivity index (χ1v) is 8.44. The van der Waals surface area contributed by atoms with Gasteiger partial charge in [-0.05, 0) is 57.4 Å². The van der Waals surface area contributed by atoms with Gasteiger partial charge in [0.1, 0.15) is 0 Å². The Bertz CT molecular complexity index is 747. The third kappa shape index (κ3) is 5.89. The average Bonchev–Trinajstić information content (AvgIpc) is 2.60.